The Bertz CT molecular complexity index is 3140. The highest BCUT2D eigenvalue weighted by atomic mass is 32.1. The minimum atomic E-state index is 0.885. The van der Waals surface area contributed by atoms with Crippen molar-refractivity contribution in [2.24, 2.45) is 0 Å². The van der Waals surface area contributed by atoms with Crippen molar-refractivity contribution in [3.05, 3.63) is 176 Å². The second-order valence-electron chi connectivity index (χ2n) is 13.3. The molecule has 0 saturated heterocycles. The van der Waals surface area contributed by atoms with E-state index in [1.807, 2.05) is 11.3 Å². The van der Waals surface area contributed by atoms with Crippen molar-refractivity contribution >= 4 is 75.3 Å². The summed E-state index contributed by atoms with van der Waals surface area (Å²) in [5, 5.41) is 7.40. The smallest absolute Gasteiger partial charge is 0.137 e. The molecule has 0 saturated carbocycles. The Labute approximate surface area is 298 Å². The zero-order valence-electron chi connectivity index (χ0n) is 27.5. The fraction of sp³-hybridized carbons (Fsp3) is 0. The molecule has 238 valence electrons. The number of benzene rings is 8. The number of hydrogen-bond acceptors (Lipinski definition) is 2. The number of fused-ring (bicyclic) bond motifs is 10. The van der Waals surface area contributed by atoms with Crippen molar-refractivity contribution in [2.75, 3.05) is 0 Å². The molecule has 0 bridgehead atoms. The van der Waals surface area contributed by atoms with Gasteiger partial charge in [-0.15, -0.1) is 11.3 Å². The molecule has 8 aromatic carbocycles. The molecule has 51 heavy (non-hydrogen) atoms. The summed E-state index contributed by atoms with van der Waals surface area (Å²) in [5.74, 6) is 0. The molecule has 0 unspecified atom stereocenters. The van der Waals surface area contributed by atoms with Crippen LogP contribution in [-0.2, 0) is 0 Å². The van der Waals surface area contributed by atoms with Crippen LogP contribution in [-0.4, -0.2) is 4.57 Å². The standard InChI is InChI=1S/C48H29NOS/c1-2-11-30(12-3-1)31-13-8-14-32(27-31)33-15-9-16-34(28-33)36-19-10-21-43-46(36)41-24-23-35(29-44(41)50-43)49-42-20-6-4-17-37(42)39-25-26-40-38-18-5-7-22-45(38)51-48(40)47(39)49/h1-29H. The van der Waals surface area contributed by atoms with Gasteiger partial charge in [0.15, 0.2) is 0 Å². The van der Waals surface area contributed by atoms with Crippen molar-refractivity contribution in [1.82, 2.24) is 4.57 Å². The van der Waals surface area contributed by atoms with Crippen molar-refractivity contribution < 1.29 is 4.42 Å². The lowest BCUT2D eigenvalue weighted by molar-refractivity contribution is 0.668. The molecule has 0 atom stereocenters. The Hall–Kier alpha value is -6.42. The van der Waals surface area contributed by atoms with Gasteiger partial charge in [0.2, 0.25) is 0 Å². The summed E-state index contributed by atoms with van der Waals surface area (Å²) >= 11 is 1.88. The van der Waals surface area contributed by atoms with Gasteiger partial charge >= 0.3 is 0 Å². The van der Waals surface area contributed by atoms with E-state index < -0.39 is 0 Å². The Morgan fingerprint density at radius 1 is 0.412 bits per heavy atom. The third-order valence-corrected chi connectivity index (χ3v) is 11.6. The van der Waals surface area contributed by atoms with E-state index in [-0.39, 0.29) is 0 Å². The normalized spacial score (nSPS) is 11.9. The number of aromatic nitrogens is 1. The lowest BCUT2D eigenvalue weighted by Crippen LogP contribution is -1.93. The van der Waals surface area contributed by atoms with E-state index in [0.717, 1.165) is 27.6 Å². The van der Waals surface area contributed by atoms with E-state index in [1.165, 1.54) is 75.4 Å². The zero-order chi connectivity index (χ0) is 33.5. The van der Waals surface area contributed by atoms with E-state index in [0.29, 0.717) is 0 Å². The zero-order valence-corrected chi connectivity index (χ0v) is 28.3. The third kappa shape index (κ3) is 4.35. The molecule has 3 heteroatoms. The van der Waals surface area contributed by atoms with Crippen LogP contribution in [0, 0.1) is 0 Å². The summed E-state index contributed by atoms with van der Waals surface area (Å²) in [6, 6.07) is 63.5. The second-order valence-corrected chi connectivity index (χ2v) is 14.3. The van der Waals surface area contributed by atoms with Crippen molar-refractivity contribution in [2.45, 2.75) is 0 Å². The fourth-order valence-corrected chi connectivity index (χ4v) is 9.31. The van der Waals surface area contributed by atoms with Gasteiger partial charge in [-0.1, -0.05) is 127 Å². The summed E-state index contributed by atoms with van der Waals surface area (Å²) in [6.07, 6.45) is 0. The van der Waals surface area contributed by atoms with E-state index in [9.17, 15) is 0 Å². The first-order valence-corrected chi connectivity index (χ1v) is 18.2. The second kappa shape index (κ2) is 11.0. The summed E-state index contributed by atoms with van der Waals surface area (Å²) in [4.78, 5) is 0. The minimum absolute atomic E-state index is 0.885. The lowest BCUT2D eigenvalue weighted by Gasteiger charge is -2.10. The van der Waals surface area contributed by atoms with Gasteiger partial charge in [-0.25, -0.2) is 0 Å². The molecular formula is C48H29NOS. The highest BCUT2D eigenvalue weighted by Gasteiger charge is 2.19. The molecule has 11 aromatic rings. The molecule has 0 aliphatic carbocycles. The SMILES string of the molecule is c1ccc(-c2cccc(-c3cccc(-c4cccc5oc6cc(-n7c8ccccc8c8ccc9c%10ccccc%10sc9c87)ccc6c45)c3)c2)cc1. The number of nitrogens with zero attached hydrogens (tertiary/aromatic N) is 1. The Morgan fingerprint density at radius 2 is 1.06 bits per heavy atom. The Kier molecular flexibility index (Phi) is 6.16. The van der Waals surface area contributed by atoms with Gasteiger partial charge in [0.05, 0.1) is 15.7 Å². The lowest BCUT2D eigenvalue weighted by atomic mass is 9.94. The van der Waals surface area contributed by atoms with E-state index in [1.54, 1.807) is 0 Å². The van der Waals surface area contributed by atoms with Crippen LogP contribution in [0.5, 0.6) is 0 Å². The quantitative estimate of drug-likeness (QED) is 0.183. The number of thiophene rings is 1. The number of para-hydroxylation sites is 1. The van der Waals surface area contributed by atoms with Crippen LogP contribution < -0.4 is 0 Å². The predicted octanol–water partition coefficient (Wildman–Crippen LogP) is 14.1. The maximum absolute atomic E-state index is 6.68. The molecule has 0 amide bonds. The van der Waals surface area contributed by atoms with Crippen LogP contribution in [0.1, 0.15) is 0 Å². The molecule has 11 rings (SSSR count). The van der Waals surface area contributed by atoms with Gasteiger partial charge in [0.1, 0.15) is 11.2 Å². The molecule has 0 aliphatic rings. The fourth-order valence-electron chi connectivity index (χ4n) is 8.07. The van der Waals surface area contributed by atoms with E-state index in [2.05, 4.69) is 180 Å². The summed E-state index contributed by atoms with van der Waals surface area (Å²) < 4.78 is 11.7. The van der Waals surface area contributed by atoms with Gasteiger partial charge in [-0.05, 0) is 75.8 Å². The maximum Gasteiger partial charge on any atom is 0.137 e. The van der Waals surface area contributed by atoms with Crippen molar-refractivity contribution in [3.63, 3.8) is 0 Å². The first-order chi connectivity index (χ1) is 25.3. The number of furan rings is 1. The van der Waals surface area contributed by atoms with Crippen LogP contribution in [0.2, 0.25) is 0 Å². The van der Waals surface area contributed by atoms with Crippen LogP contribution in [0.15, 0.2) is 180 Å². The Balaban J connectivity index is 1.08. The van der Waals surface area contributed by atoms with Gasteiger partial charge in [0, 0.05) is 48.8 Å². The molecule has 2 nitrogen and oxygen atoms in total. The number of rotatable bonds is 4. The number of hydrogen-bond donors (Lipinski definition) is 0. The van der Waals surface area contributed by atoms with Crippen molar-refractivity contribution in [3.8, 4) is 39.1 Å². The first kappa shape index (κ1) is 28.4. The van der Waals surface area contributed by atoms with Crippen LogP contribution in [0.25, 0.3) is 103 Å². The highest BCUT2D eigenvalue weighted by Crippen LogP contribution is 2.44. The topological polar surface area (TPSA) is 18.1 Å². The van der Waals surface area contributed by atoms with E-state index in [4.69, 9.17) is 4.42 Å². The maximum atomic E-state index is 6.68. The van der Waals surface area contributed by atoms with Gasteiger partial charge in [-0.2, -0.15) is 0 Å². The summed E-state index contributed by atoms with van der Waals surface area (Å²) in [7, 11) is 0. The Morgan fingerprint density at radius 3 is 1.92 bits per heavy atom. The molecule has 0 fully saturated rings. The average molecular weight is 668 g/mol. The molecule has 3 heterocycles. The van der Waals surface area contributed by atoms with E-state index >= 15 is 0 Å². The van der Waals surface area contributed by atoms with Gasteiger partial charge in [-0.3, -0.25) is 0 Å². The summed E-state index contributed by atoms with van der Waals surface area (Å²) in [5.41, 5.74) is 12.5. The molecular weight excluding hydrogens is 639 g/mol. The molecule has 0 spiro atoms. The van der Waals surface area contributed by atoms with Gasteiger partial charge < -0.3 is 8.98 Å². The average Bonchev–Trinajstić information content (AvgIpc) is 3.87. The van der Waals surface area contributed by atoms with Crippen LogP contribution in [0.4, 0.5) is 0 Å². The summed E-state index contributed by atoms with van der Waals surface area (Å²) in [6.45, 7) is 0. The van der Waals surface area contributed by atoms with Crippen LogP contribution >= 0.6 is 11.3 Å². The molecule has 0 aliphatic heterocycles. The van der Waals surface area contributed by atoms with Gasteiger partial charge in [0.25, 0.3) is 0 Å². The van der Waals surface area contributed by atoms with Crippen molar-refractivity contribution in [1.29, 1.82) is 0 Å². The van der Waals surface area contributed by atoms with Crippen LogP contribution in [0.3, 0.4) is 0 Å². The largest absolute Gasteiger partial charge is 0.456 e. The minimum Gasteiger partial charge on any atom is -0.456 e. The molecule has 3 aromatic heterocycles. The molecule has 0 radical (unpaired) electrons. The first-order valence-electron chi connectivity index (χ1n) is 17.3. The molecule has 0 N–H and O–H groups in total. The predicted molar refractivity (Wildman–Crippen MR) is 217 cm³/mol. The third-order valence-electron chi connectivity index (χ3n) is 10.4. The monoisotopic (exact) mass is 667 g/mol. The highest BCUT2D eigenvalue weighted by molar-refractivity contribution is 7.26.